The van der Waals surface area contributed by atoms with E-state index in [-0.39, 0.29) is 23.4 Å². The van der Waals surface area contributed by atoms with Crippen LogP contribution in [0.25, 0.3) is 0 Å². The van der Waals surface area contributed by atoms with E-state index in [1.54, 1.807) is 6.92 Å². The van der Waals surface area contributed by atoms with Crippen molar-refractivity contribution >= 4 is 5.91 Å². The van der Waals surface area contributed by atoms with Crippen LogP contribution in [0.15, 0.2) is 17.1 Å². The largest absolute Gasteiger partial charge is 0.328 e. The summed E-state index contributed by atoms with van der Waals surface area (Å²) >= 11 is 0. The summed E-state index contributed by atoms with van der Waals surface area (Å²) in [5.74, 6) is 1.68. The minimum absolute atomic E-state index is 0.0732. The van der Waals surface area contributed by atoms with E-state index in [4.69, 9.17) is 0 Å². The zero-order valence-corrected chi connectivity index (χ0v) is 14.3. The van der Waals surface area contributed by atoms with Crippen molar-refractivity contribution in [3.63, 3.8) is 0 Å². The van der Waals surface area contributed by atoms with Crippen LogP contribution in [0.1, 0.15) is 72.6 Å². The van der Waals surface area contributed by atoms with E-state index in [2.05, 4.69) is 20.2 Å². The first-order chi connectivity index (χ1) is 11.5. The molecule has 2 aromatic heterocycles. The molecule has 1 aliphatic heterocycles. The van der Waals surface area contributed by atoms with Gasteiger partial charge < -0.3 is 9.88 Å². The van der Waals surface area contributed by atoms with Crippen molar-refractivity contribution in [3.05, 3.63) is 45.4 Å². The molecular weight excluding hydrogens is 306 g/mol. The highest BCUT2D eigenvalue weighted by molar-refractivity contribution is 5.95. The summed E-state index contributed by atoms with van der Waals surface area (Å²) in [4.78, 5) is 33.4. The number of carbonyl (C=O) groups is 1. The minimum atomic E-state index is -0.198. The summed E-state index contributed by atoms with van der Waals surface area (Å²) < 4.78 is 0. The van der Waals surface area contributed by atoms with Gasteiger partial charge in [0.25, 0.3) is 5.91 Å². The van der Waals surface area contributed by atoms with Crippen LogP contribution in [-0.2, 0) is 0 Å². The molecule has 0 aliphatic carbocycles. The highest BCUT2D eigenvalue weighted by Crippen LogP contribution is 2.31. The Morgan fingerprint density at radius 2 is 2.17 bits per heavy atom. The monoisotopic (exact) mass is 329 g/mol. The Labute approximate surface area is 140 Å². The normalized spacial score (nSPS) is 18.2. The third-order valence-corrected chi connectivity index (χ3v) is 4.48. The van der Waals surface area contributed by atoms with Gasteiger partial charge in [0.05, 0.1) is 11.6 Å². The third-order valence-electron chi connectivity index (χ3n) is 4.48. The van der Waals surface area contributed by atoms with Gasteiger partial charge in [0.1, 0.15) is 5.82 Å². The molecule has 2 aromatic rings. The fourth-order valence-electron chi connectivity index (χ4n) is 3.11. The number of nitrogens with one attached hydrogen (secondary N) is 2. The van der Waals surface area contributed by atoms with Gasteiger partial charge in [-0.05, 0) is 31.7 Å². The topological polar surface area (TPSA) is 94.7 Å². The van der Waals surface area contributed by atoms with Crippen LogP contribution < -0.4 is 5.56 Å². The van der Waals surface area contributed by atoms with Crippen molar-refractivity contribution in [1.82, 2.24) is 25.1 Å². The molecule has 0 saturated carbocycles. The first-order valence-corrected chi connectivity index (χ1v) is 8.40. The van der Waals surface area contributed by atoms with Gasteiger partial charge in [-0.25, -0.2) is 4.98 Å². The maximum absolute atomic E-state index is 13.0. The Kier molecular flexibility index (Phi) is 4.51. The Bertz CT molecular complexity index is 792. The highest BCUT2D eigenvalue weighted by atomic mass is 16.2. The molecule has 24 heavy (non-hydrogen) atoms. The van der Waals surface area contributed by atoms with Crippen LogP contribution in [0.5, 0.6) is 0 Å². The predicted molar refractivity (Wildman–Crippen MR) is 89.9 cm³/mol. The summed E-state index contributed by atoms with van der Waals surface area (Å²) in [5, 5.41) is 7.27. The second-order valence-corrected chi connectivity index (χ2v) is 6.64. The zero-order chi connectivity index (χ0) is 17.3. The molecule has 1 aliphatic rings. The first kappa shape index (κ1) is 16.4. The molecule has 128 valence electrons. The Balaban J connectivity index is 1.91. The van der Waals surface area contributed by atoms with Crippen LogP contribution in [0, 0.1) is 6.92 Å². The molecule has 1 saturated heterocycles. The van der Waals surface area contributed by atoms with Crippen LogP contribution in [0.4, 0.5) is 0 Å². The van der Waals surface area contributed by atoms with Crippen molar-refractivity contribution in [2.75, 3.05) is 6.54 Å². The van der Waals surface area contributed by atoms with E-state index < -0.39 is 0 Å². The number of hydrogen-bond acceptors (Lipinski definition) is 4. The van der Waals surface area contributed by atoms with E-state index in [9.17, 15) is 9.59 Å². The average molecular weight is 329 g/mol. The molecular formula is C17H23N5O2. The van der Waals surface area contributed by atoms with Crippen LogP contribution in [0.2, 0.25) is 0 Å². The average Bonchev–Trinajstić information content (AvgIpc) is 3.04. The molecule has 3 rings (SSSR count). The molecule has 1 amide bonds. The van der Waals surface area contributed by atoms with E-state index in [0.29, 0.717) is 17.7 Å². The number of piperidine rings is 1. The fraction of sp³-hybridized carbons (Fsp3) is 0.529. The molecule has 0 aromatic carbocycles. The van der Waals surface area contributed by atoms with Crippen molar-refractivity contribution in [3.8, 4) is 0 Å². The first-order valence-electron chi connectivity index (χ1n) is 8.40. The minimum Gasteiger partial charge on any atom is -0.328 e. The van der Waals surface area contributed by atoms with Crippen LogP contribution >= 0.6 is 0 Å². The summed E-state index contributed by atoms with van der Waals surface area (Å²) in [6, 6.07) is 1.36. The second-order valence-electron chi connectivity index (χ2n) is 6.64. The predicted octanol–water partition coefficient (Wildman–Crippen LogP) is 2.29. The van der Waals surface area contributed by atoms with E-state index >= 15 is 0 Å². The molecule has 1 unspecified atom stereocenters. The van der Waals surface area contributed by atoms with Crippen molar-refractivity contribution < 1.29 is 4.79 Å². The molecule has 0 bridgehead atoms. The van der Waals surface area contributed by atoms with Gasteiger partial charge in [0.2, 0.25) is 5.56 Å². The van der Waals surface area contributed by atoms with Gasteiger partial charge in [-0.3, -0.25) is 14.7 Å². The molecule has 7 nitrogen and oxygen atoms in total. The van der Waals surface area contributed by atoms with Gasteiger partial charge in [0.15, 0.2) is 5.82 Å². The maximum Gasteiger partial charge on any atom is 0.256 e. The number of nitrogens with zero attached hydrogens (tertiary/aromatic N) is 3. The van der Waals surface area contributed by atoms with Crippen molar-refractivity contribution in [2.24, 2.45) is 0 Å². The lowest BCUT2D eigenvalue weighted by Gasteiger charge is -2.34. The molecule has 0 radical (unpaired) electrons. The molecule has 1 fully saturated rings. The number of H-pyrrole nitrogens is 2. The summed E-state index contributed by atoms with van der Waals surface area (Å²) in [5.41, 5.74) is 1.02. The Hall–Kier alpha value is -2.44. The number of hydrogen-bond donors (Lipinski definition) is 2. The number of carbonyl (C=O) groups excluding carboxylic acids is 1. The number of aromatic nitrogens is 4. The quantitative estimate of drug-likeness (QED) is 0.903. The number of likely N-dealkylation sites (tertiary alicyclic amines) is 1. The summed E-state index contributed by atoms with van der Waals surface area (Å²) in [6.45, 7) is 6.55. The van der Waals surface area contributed by atoms with E-state index in [1.165, 1.54) is 12.3 Å². The lowest BCUT2D eigenvalue weighted by atomic mass is 9.99. The molecule has 2 N–H and O–H groups in total. The molecule has 3 heterocycles. The Morgan fingerprint density at radius 3 is 2.83 bits per heavy atom. The summed E-state index contributed by atoms with van der Waals surface area (Å²) in [7, 11) is 0. The SMILES string of the molecule is Cc1cc(=O)[nH]cc1C(=O)N1CCCCC1c1nc(C(C)C)n[nH]1. The molecule has 1 atom stereocenters. The number of amides is 1. The van der Waals surface area contributed by atoms with Crippen LogP contribution in [-0.4, -0.2) is 37.5 Å². The van der Waals surface area contributed by atoms with Gasteiger partial charge >= 0.3 is 0 Å². The van der Waals surface area contributed by atoms with E-state index in [1.807, 2.05) is 18.7 Å². The maximum atomic E-state index is 13.0. The fourth-order valence-corrected chi connectivity index (χ4v) is 3.11. The van der Waals surface area contributed by atoms with Gasteiger partial charge in [-0.1, -0.05) is 13.8 Å². The molecule has 7 heteroatoms. The Morgan fingerprint density at radius 1 is 1.38 bits per heavy atom. The highest BCUT2D eigenvalue weighted by Gasteiger charge is 2.31. The number of rotatable bonds is 3. The number of aromatic amines is 2. The van der Waals surface area contributed by atoms with Gasteiger partial charge in [-0.15, -0.1) is 0 Å². The van der Waals surface area contributed by atoms with Crippen LogP contribution in [0.3, 0.4) is 0 Å². The molecule has 0 spiro atoms. The summed E-state index contributed by atoms with van der Waals surface area (Å²) in [6.07, 6.45) is 4.39. The number of aryl methyl sites for hydroxylation is 1. The van der Waals surface area contributed by atoms with Crippen molar-refractivity contribution in [2.45, 2.75) is 52.0 Å². The van der Waals surface area contributed by atoms with E-state index in [0.717, 1.165) is 30.9 Å². The van der Waals surface area contributed by atoms with Crippen molar-refractivity contribution in [1.29, 1.82) is 0 Å². The lowest BCUT2D eigenvalue weighted by molar-refractivity contribution is 0.0599. The second kappa shape index (κ2) is 6.59. The standard InChI is InChI=1S/C17H23N5O2/c1-10(2)15-19-16(21-20-15)13-6-4-5-7-22(13)17(24)12-9-18-14(23)8-11(12)3/h8-10,13H,4-7H2,1-3H3,(H,18,23)(H,19,20,21). The van der Waals surface area contributed by atoms with Gasteiger partial charge in [-0.2, -0.15) is 5.10 Å². The third kappa shape index (κ3) is 3.11. The number of pyridine rings is 1. The van der Waals surface area contributed by atoms with Gasteiger partial charge in [0, 0.05) is 24.7 Å². The zero-order valence-electron chi connectivity index (χ0n) is 14.3. The lowest BCUT2D eigenvalue weighted by Crippen LogP contribution is -2.39. The smallest absolute Gasteiger partial charge is 0.256 e.